The summed E-state index contributed by atoms with van der Waals surface area (Å²) in [5, 5.41) is 11.6. The number of likely N-dealkylation sites (N-methyl/N-ethyl adjacent to an activating group) is 1. The van der Waals surface area contributed by atoms with E-state index in [9.17, 15) is 19.5 Å². The van der Waals surface area contributed by atoms with Gasteiger partial charge in [0.25, 0.3) is 0 Å². The van der Waals surface area contributed by atoms with Crippen LogP contribution in [-0.4, -0.2) is 75.5 Å². The van der Waals surface area contributed by atoms with Crippen molar-refractivity contribution in [1.82, 2.24) is 0 Å². The molecular formula is C51H99NO7. The predicted molar refractivity (Wildman–Crippen MR) is 245 cm³/mol. The van der Waals surface area contributed by atoms with Gasteiger partial charge in [0.15, 0.2) is 6.10 Å². The molecule has 0 radical (unpaired) electrons. The van der Waals surface area contributed by atoms with Crippen molar-refractivity contribution in [3.05, 3.63) is 0 Å². The summed E-state index contributed by atoms with van der Waals surface area (Å²) >= 11 is 0. The summed E-state index contributed by atoms with van der Waals surface area (Å²) in [5.41, 5.74) is 0. The van der Waals surface area contributed by atoms with Crippen LogP contribution in [0.15, 0.2) is 0 Å². The van der Waals surface area contributed by atoms with Gasteiger partial charge in [0, 0.05) is 19.3 Å². The molecule has 8 nitrogen and oxygen atoms in total. The lowest BCUT2D eigenvalue weighted by Crippen LogP contribution is -2.55. The lowest BCUT2D eigenvalue weighted by atomic mass is 10.0. The fourth-order valence-electron chi connectivity index (χ4n) is 8.02. The second-order valence-corrected chi connectivity index (χ2v) is 18.8. The van der Waals surface area contributed by atoms with E-state index in [-0.39, 0.29) is 42.7 Å². The van der Waals surface area contributed by atoms with Crippen LogP contribution in [0.4, 0.5) is 0 Å². The van der Waals surface area contributed by atoms with Crippen molar-refractivity contribution < 1.29 is 38.2 Å². The molecule has 0 heterocycles. The Labute approximate surface area is 366 Å². The molecule has 0 saturated heterocycles. The first-order valence-electron chi connectivity index (χ1n) is 25.6. The maximum Gasteiger partial charge on any atom is 0.306 e. The average molecular weight is 838 g/mol. The number of aliphatic carboxylic acids is 1. The van der Waals surface area contributed by atoms with Crippen LogP contribution in [0, 0.1) is 0 Å². The van der Waals surface area contributed by atoms with Crippen molar-refractivity contribution in [1.29, 1.82) is 0 Å². The zero-order valence-corrected chi connectivity index (χ0v) is 40.0. The van der Waals surface area contributed by atoms with Crippen LogP contribution in [0.2, 0.25) is 0 Å². The van der Waals surface area contributed by atoms with Gasteiger partial charge in [0.1, 0.15) is 12.6 Å². The first kappa shape index (κ1) is 57.3. The third kappa shape index (κ3) is 41.5. The lowest BCUT2D eigenvalue weighted by Gasteiger charge is -2.34. The first-order valence-corrected chi connectivity index (χ1v) is 25.6. The van der Waals surface area contributed by atoms with E-state index in [1.54, 1.807) is 0 Å². The molecule has 0 saturated carbocycles. The van der Waals surface area contributed by atoms with E-state index in [1.807, 2.05) is 21.1 Å². The molecule has 8 heteroatoms. The van der Waals surface area contributed by atoms with Crippen molar-refractivity contribution in [2.75, 3.05) is 41.0 Å². The lowest BCUT2D eigenvalue weighted by molar-refractivity contribution is -0.889. The minimum absolute atomic E-state index is 0.0495. The van der Waals surface area contributed by atoms with Crippen LogP contribution in [0.5, 0.6) is 0 Å². The van der Waals surface area contributed by atoms with E-state index in [2.05, 4.69) is 13.8 Å². The minimum Gasteiger partial charge on any atom is -0.544 e. The number of quaternary nitrogens is 1. The minimum atomic E-state index is -1.12. The number of carbonyl (C=O) groups is 3. The van der Waals surface area contributed by atoms with Crippen molar-refractivity contribution in [3.8, 4) is 0 Å². The van der Waals surface area contributed by atoms with Gasteiger partial charge in [-0.3, -0.25) is 9.59 Å². The molecule has 0 aromatic carbocycles. The molecule has 0 aliphatic heterocycles. The highest BCUT2D eigenvalue weighted by atomic mass is 16.6. The van der Waals surface area contributed by atoms with E-state index in [0.29, 0.717) is 12.8 Å². The quantitative estimate of drug-likeness (QED) is 0.0342. The second-order valence-electron chi connectivity index (χ2n) is 18.8. The molecule has 0 bridgehead atoms. The van der Waals surface area contributed by atoms with Gasteiger partial charge in [-0.25, -0.2) is 0 Å². The highest BCUT2D eigenvalue weighted by Crippen LogP contribution is 2.17. The number of carbonyl (C=O) groups excluding carboxylic acids is 3. The van der Waals surface area contributed by atoms with Crippen LogP contribution in [0.25, 0.3) is 0 Å². The van der Waals surface area contributed by atoms with Crippen molar-refractivity contribution in [3.63, 3.8) is 0 Å². The molecule has 0 amide bonds. The Hall–Kier alpha value is -1.67. The molecular weight excluding hydrogens is 739 g/mol. The van der Waals surface area contributed by atoms with Crippen LogP contribution in [0.1, 0.15) is 258 Å². The van der Waals surface area contributed by atoms with Crippen LogP contribution in [0.3, 0.4) is 0 Å². The fourth-order valence-corrected chi connectivity index (χ4v) is 8.02. The Kier molecular flexibility index (Phi) is 41.8. The number of ether oxygens (including phenoxy) is 3. The molecule has 0 fully saturated rings. The Morgan fingerprint density at radius 2 is 0.746 bits per heavy atom. The maximum absolute atomic E-state index is 12.8. The van der Waals surface area contributed by atoms with Gasteiger partial charge in [-0.15, -0.1) is 0 Å². The standard InChI is InChI=1S/C51H99NO7/c1-6-8-10-12-14-16-18-20-21-22-23-24-25-26-27-28-29-30-32-34-36-38-40-42-50(54)59-47(45-57-44-43-48(51(55)56)52(3,4)5)46-58-49(53)41-39-37-35-33-31-19-17-15-13-11-9-7-2/h47-48H,6-46H2,1-5H3. The van der Waals surface area contributed by atoms with Crippen LogP contribution < -0.4 is 5.11 Å². The fraction of sp³-hybridized carbons (Fsp3) is 0.941. The van der Waals surface area contributed by atoms with Gasteiger partial charge >= 0.3 is 11.9 Å². The Bertz CT molecular complexity index is 936. The van der Waals surface area contributed by atoms with Crippen molar-refractivity contribution in [2.24, 2.45) is 0 Å². The Morgan fingerprint density at radius 1 is 0.441 bits per heavy atom. The van der Waals surface area contributed by atoms with Gasteiger partial charge in [-0.2, -0.15) is 0 Å². The third-order valence-corrected chi connectivity index (χ3v) is 12.0. The van der Waals surface area contributed by atoms with E-state index >= 15 is 0 Å². The number of unbranched alkanes of at least 4 members (excludes halogenated alkanes) is 33. The van der Waals surface area contributed by atoms with E-state index in [1.165, 1.54) is 186 Å². The smallest absolute Gasteiger partial charge is 0.306 e. The van der Waals surface area contributed by atoms with Gasteiger partial charge < -0.3 is 28.6 Å². The molecule has 0 N–H and O–H groups in total. The summed E-state index contributed by atoms with van der Waals surface area (Å²) in [4.78, 5) is 36.9. The largest absolute Gasteiger partial charge is 0.544 e. The van der Waals surface area contributed by atoms with Gasteiger partial charge in [-0.05, 0) is 12.8 Å². The summed E-state index contributed by atoms with van der Waals surface area (Å²) in [5.74, 6) is -1.71. The highest BCUT2D eigenvalue weighted by molar-refractivity contribution is 5.70. The second kappa shape index (κ2) is 43.0. The normalized spacial score (nSPS) is 12.8. The highest BCUT2D eigenvalue weighted by Gasteiger charge is 2.25. The zero-order valence-electron chi connectivity index (χ0n) is 40.0. The van der Waals surface area contributed by atoms with Crippen molar-refractivity contribution >= 4 is 17.9 Å². The molecule has 0 aromatic rings. The molecule has 59 heavy (non-hydrogen) atoms. The number of rotatable bonds is 47. The molecule has 2 unspecified atom stereocenters. The molecule has 0 aliphatic rings. The third-order valence-electron chi connectivity index (χ3n) is 12.0. The number of hydrogen-bond donors (Lipinski definition) is 0. The monoisotopic (exact) mass is 838 g/mol. The van der Waals surface area contributed by atoms with Crippen molar-refractivity contribution in [2.45, 2.75) is 270 Å². The Balaban J connectivity index is 4.12. The summed E-state index contributed by atoms with van der Waals surface area (Å²) in [7, 11) is 5.43. The molecule has 0 spiro atoms. The van der Waals surface area contributed by atoms with Crippen LogP contribution >= 0.6 is 0 Å². The van der Waals surface area contributed by atoms with Gasteiger partial charge in [0.2, 0.25) is 0 Å². The summed E-state index contributed by atoms with van der Waals surface area (Å²) in [6.07, 6.45) is 45.6. The number of carboxylic acid groups (broad SMARTS) is 1. The zero-order chi connectivity index (χ0) is 43.5. The summed E-state index contributed by atoms with van der Waals surface area (Å²) < 4.78 is 17.2. The van der Waals surface area contributed by atoms with Crippen LogP contribution in [-0.2, 0) is 28.6 Å². The molecule has 0 aromatic heterocycles. The first-order chi connectivity index (χ1) is 28.6. The van der Waals surface area contributed by atoms with E-state index in [0.717, 1.165) is 38.5 Å². The van der Waals surface area contributed by atoms with Gasteiger partial charge in [0.05, 0.1) is 40.3 Å². The number of esters is 2. The van der Waals surface area contributed by atoms with Gasteiger partial charge in [-0.1, -0.05) is 226 Å². The molecule has 2 atom stereocenters. The average Bonchev–Trinajstić information content (AvgIpc) is 3.19. The SMILES string of the molecule is CCCCCCCCCCCCCCCCCCCCCCCCCC(=O)OC(COCCC(C(=O)[O-])[N+](C)(C)C)COC(=O)CCCCCCCCCCCCCC. The maximum atomic E-state index is 12.8. The number of nitrogens with zero attached hydrogens (tertiary/aromatic N) is 1. The molecule has 0 rings (SSSR count). The number of carboxylic acids is 1. The topological polar surface area (TPSA) is 102 Å². The van der Waals surface area contributed by atoms with E-state index < -0.39 is 18.1 Å². The summed E-state index contributed by atoms with van der Waals surface area (Å²) in [6.45, 7) is 4.71. The van der Waals surface area contributed by atoms with E-state index in [4.69, 9.17) is 14.2 Å². The number of hydrogen-bond acceptors (Lipinski definition) is 7. The molecule has 0 aliphatic carbocycles. The summed E-state index contributed by atoms with van der Waals surface area (Å²) in [6, 6.07) is -0.719. The Morgan fingerprint density at radius 3 is 1.05 bits per heavy atom. The predicted octanol–water partition coefficient (Wildman–Crippen LogP) is 13.1. The molecule has 350 valence electrons.